The molecule has 1 fully saturated rings. The highest BCUT2D eigenvalue weighted by molar-refractivity contribution is 5.71. The van der Waals surface area contributed by atoms with Crippen LogP contribution < -0.4 is 25.5 Å². The Morgan fingerprint density at radius 1 is 1.15 bits per heavy atom. The first kappa shape index (κ1) is 27.5. The first-order valence-electron chi connectivity index (χ1n) is 13.6. The number of aliphatic carboxylic acids is 1. The lowest BCUT2D eigenvalue weighted by Crippen LogP contribution is -2.47. The number of ether oxygens (including phenoxy) is 3. The van der Waals surface area contributed by atoms with Gasteiger partial charge < -0.3 is 23.9 Å². The Labute approximate surface area is 232 Å². The summed E-state index contributed by atoms with van der Waals surface area (Å²) in [4.78, 5) is 38.2. The maximum Gasteiger partial charge on any atom is 0.330 e. The summed E-state index contributed by atoms with van der Waals surface area (Å²) in [7, 11) is 3.16. The van der Waals surface area contributed by atoms with E-state index in [0.717, 1.165) is 22.3 Å². The Hall–Kier alpha value is -4.05. The van der Waals surface area contributed by atoms with Crippen LogP contribution in [0.1, 0.15) is 42.5 Å². The monoisotopic (exact) mass is 549 g/mol. The Balaban J connectivity index is 1.32. The van der Waals surface area contributed by atoms with E-state index in [-0.39, 0.29) is 36.7 Å². The van der Waals surface area contributed by atoms with Crippen molar-refractivity contribution in [2.24, 2.45) is 13.0 Å². The molecule has 1 atom stereocenters. The molecule has 1 N–H and O–H groups in total. The van der Waals surface area contributed by atoms with Crippen molar-refractivity contribution in [1.82, 2.24) is 14.0 Å². The quantitative estimate of drug-likeness (QED) is 0.389. The highest BCUT2D eigenvalue weighted by Gasteiger charge is 2.40. The lowest BCUT2D eigenvalue weighted by atomic mass is 9.78. The maximum atomic E-state index is 12.3. The third-order valence-electron chi connectivity index (χ3n) is 8.03. The number of carboxylic acids is 1. The van der Waals surface area contributed by atoms with Gasteiger partial charge in [0.25, 0.3) is 5.56 Å². The lowest BCUT2D eigenvalue weighted by Gasteiger charge is -2.44. The highest BCUT2D eigenvalue weighted by atomic mass is 16.5. The van der Waals surface area contributed by atoms with E-state index in [1.165, 1.54) is 28.0 Å². The van der Waals surface area contributed by atoms with E-state index in [4.69, 9.17) is 14.2 Å². The molecule has 212 valence electrons. The summed E-state index contributed by atoms with van der Waals surface area (Å²) in [5.74, 6) is 0.949. The first-order chi connectivity index (χ1) is 19.2. The van der Waals surface area contributed by atoms with Crippen LogP contribution >= 0.6 is 0 Å². The molecule has 2 aromatic carbocycles. The maximum absolute atomic E-state index is 12.3. The zero-order valence-corrected chi connectivity index (χ0v) is 23.0. The molecular formula is C30H35N3O7. The van der Waals surface area contributed by atoms with Gasteiger partial charge in [0.05, 0.1) is 26.2 Å². The number of aryl methyl sites for hydroxylation is 1. The molecule has 1 aliphatic heterocycles. The normalized spacial score (nSPS) is 18.5. The van der Waals surface area contributed by atoms with Crippen molar-refractivity contribution in [3.63, 3.8) is 0 Å². The van der Waals surface area contributed by atoms with E-state index >= 15 is 0 Å². The Morgan fingerprint density at radius 3 is 2.70 bits per heavy atom. The Bertz CT molecular complexity index is 1510. The second-order valence-corrected chi connectivity index (χ2v) is 10.5. The zero-order valence-electron chi connectivity index (χ0n) is 23.0. The van der Waals surface area contributed by atoms with Crippen molar-refractivity contribution in [2.75, 3.05) is 20.3 Å². The average molecular weight is 550 g/mol. The van der Waals surface area contributed by atoms with E-state index < -0.39 is 11.7 Å². The summed E-state index contributed by atoms with van der Waals surface area (Å²) in [6.45, 7) is 3.71. The van der Waals surface area contributed by atoms with E-state index in [9.17, 15) is 19.5 Å². The predicted molar refractivity (Wildman–Crippen MR) is 148 cm³/mol. The van der Waals surface area contributed by atoms with Gasteiger partial charge in [0, 0.05) is 44.4 Å². The van der Waals surface area contributed by atoms with Gasteiger partial charge in [-0.3, -0.25) is 19.1 Å². The van der Waals surface area contributed by atoms with Gasteiger partial charge in [0.15, 0.2) is 11.5 Å². The number of hydrogen-bond acceptors (Lipinski definition) is 7. The van der Waals surface area contributed by atoms with Crippen LogP contribution in [-0.2, 0) is 31.4 Å². The highest BCUT2D eigenvalue weighted by Crippen LogP contribution is 2.39. The number of benzene rings is 2. The average Bonchev–Trinajstić information content (AvgIpc) is 3.39. The van der Waals surface area contributed by atoms with Crippen molar-refractivity contribution >= 4 is 5.97 Å². The number of methoxy groups -OCH3 is 1. The molecule has 5 rings (SSSR count). The molecule has 10 nitrogen and oxygen atoms in total. The van der Waals surface area contributed by atoms with Gasteiger partial charge in [-0.1, -0.05) is 18.2 Å². The second-order valence-electron chi connectivity index (χ2n) is 10.5. The molecule has 2 heterocycles. The molecule has 0 bridgehead atoms. The van der Waals surface area contributed by atoms with Crippen LogP contribution in [0.25, 0.3) is 0 Å². The number of rotatable bonds is 11. The molecule has 0 unspecified atom stereocenters. The van der Waals surface area contributed by atoms with Gasteiger partial charge in [0.1, 0.15) is 12.4 Å². The molecule has 1 aliphatic carbocycles. The van der Waals surface area contributed by atoms with Crippen LogP contribution in [0.4, 0.5) is 0 Å². The van der Waals surface area contributed by atoms with E-state index in [1.807, 2.05) is 24.3 Å². The smallest absolute Gasteiger partial charge is 0.330 e. The van der Waals surface area contributed by atoms with Crippen molar-refractivity contribution in [2.45, 2.75) is 51.4 Å². The fourth-order valence-electron chi connectivity index (χ4n) is 5.51. The van der Waals surface area contributed by atoms with Gasteiger partial charge in [0.2, 0.25) is 0 Å². The van der Waals surface area contributed by atoms with Crippen molar-refractivity contribution in [3.8, 4) is 17.2 Å². The van der Waals surface area contributed by atoms with E-state index in [2.05, 4.69) is 24.0 Å². The topological polar surface area (TPSA) is 112 Å². The van der Waals surface area contributed by atoms with Crippen LogP contribution in [-0.4, -0.2) is 51.5 Å². The second kappa shape index (κ2) is 11.6. The van der Waals surface area contributed by atoms with Gasteiger partial charge in [-0.05, 0) is 54.7 Å². The lowest BCUT2D eigenvalue weighted by molar-refractivity contribution is -0.147. The molecule has 0 amide bonds. The summed E-state index contributed by atoms with van der Waals surface area (Å²) in [6, 6.07) is 13.6. The Morgan fingerprint density at radius 2 is 1.95 bits per heavy atom. The molecule has 0 saturated heterocycles. The fourth-order valence-corrected chi connectivity index (χ4v) is 5.51. The minimum absolute atomic E-state index is 0.0689. The van der Waals surface area contributed by atoms with Crippen LogP contribution in [0.3, 0.4) is 0 Å². The minimum atomic E-state index is -0.739. The summed E-state index contributed by atoms with van der Waals surface area (Å²) in [5, 5.41) is 9.47. The van der Waals surface area contributed by atoms with E-state index in [1.54, 1.807) is 14.2 Å². The summed E-state index contributed by atoms with van der Waals surface area (Å²) in [5.41, 5.74) is 2.62. The van der Waals surface area contributed by atoms with Crippen molar-refractivity contribution in [3.05, 3.63) is 86.2 Å². The summed E-state index contributed by atoms with van der Waals surface area (Å²) in [6.07, 6.45) is 3.57. The summed E-state index contributed by atoms with van der Waals surface area (Å²) < 4.78 is 19.7. The molecule has 2 aliphatic rings. The molecule has 0 radical (unpaired) electrons. The third-order valence-corrected chi connectivity index (χ3v) is 8.03. The van der Waals surface area contributed by atoms with E-state index in [0.29, 0.717) is 37.5 Å². The summed E-state index contributed by atoms with van der Waals surface area (Å²) >= 11 is 0. The standard InChI is InChI=1S/C30H35N3O7/c1-19(21-5-7-25-22(15-21)9-12-39-25)33(24-16-23(17-24)29(35)36)18-20-4-6-26(27(14-20)38-3)40-13-11-32-28(34)8-10-31(2)30(32)37/h4-8,10,14-15,19,23-24H,9,11-13,16-18H2,1-3H3,(H,35,36)/t19-,23?,24?/m1/s1. The number of nitrogens with zero attached hydrogens (tertiary/aromatic N) is 3. The third kappa shape index (κ3) is 5.62. The molecule has 0 spiro atoms. The first-order valence-corrected chi connectivity index (χ1v) is 13.6. The largest absolute Gasteiger partial charge is 0.493 e. The number of fused-ring (bicyclic) bond motifs is 1. The Kier molecular flexibility index (Phi) is 7.97. The van der Waals surface area contributed by atoms with Crippen LogP contribution in [0, 0.1) is 5.92 Å². The van der Waals surface area contributed by atoms with Crippen LogP contribution in [0.2, 0.25) is 0 Å². The number of aromatic nitrogens is 2. The van der Waals surface area contributed by atoms with Gasteiger partial charge in [-0.15, -0.1) is 0 Å². The SMILES string of the molecule is COc1cc(CN(C2CC(C(=O)O)C2)[C@H](C)c2ccc3c(c2)CCO3)ccc1OCCn1c(=O)ccn(C)c1=O. The number of carbonyl (C=O) groups is 1. The molecule has 1 aromatic heterocycles. The molecule has 3 aromatic rings. The molecule has 10 heteroatoms. The molecule has 40 heavy (non-hydrogen) atoms. The van der Waals surface area contributed by atoms with Gasteiger partial charge in [-0.25, -0.2) is 4.79 Å². The minimum Gasteiger partial charge on any atom is -0.493 e. The number of hydrogen-bond donors (Lipinski definition) is 1. The molecular weight excluding hydrogens is 514 g/mol. The van der Waals surface area contributed by atoms with Crippen LogP contribution in [0.15, 0.2) is 58.3 Å². The van der Waals surface area contributed by atoms with Crippen LogP contribution in [0.5, 0.6) is 17.2 Å². The van der Waals surface area contributed by atoms with Crippen molar-refractivity contribution < 1.29 is 24.1 Å². The predicted octanol–water partition coefficient (Wildman–Crippen LogP) is 3.00. The van der Waals surface area contributed by atoms with Gasteiger partial charge >= 0.3 is 11.7 Å². The van der Waals surface area contributed by atoms with Gasteiger partial charge in [-0.2, -0.15) is 0 Å². The van der Waals surface area contributed by atoms with Crippen molar-refractivity contribution in [1.29, 1.82) is 0 Å². The molecule has 1 saturated carbocycles. The fraction of sp³-hybridized carbons (Fsp3) is 0.433. The number of carboxylic acid groups (broad SMARTS) is 1. The zero-order chi connectivity index (χ0) is 28.4.